The van der Waals surface area contributed by atoms with E-state index < -0.39 is 5.97 Å². The van der Waals surface area contributed by atoms with Gasteiger partial charge >= 0.3 is 5.97 Å². The van der Waals surface area contributed by atoms with Crippen LogP contribution in [0.4, 0.5) is 0 Å². The minimum atomic E-state index is -0.881. The molecule has 0 fully saturated rings. The lowest BCUT2D eigenvalue weighted by Gasteiger charge is -2.13. The molecule has 1 N–H and O–H groups in total. The fourth-order valence-electron chi connectivity index (χ4n) is 2.63. The molecule has 130 valence electrons. The molecule has 1 aromatic rings. The van der Waals surface area contributed by atoms with Gasteiger partial charge in [0.25, 0.3) is 0 Å². The lowest BCUT2D eigenvalue weighted by atomic mass is 9.96. The molecule has 1 rings (SSSR count). The van der Waals surface area contributed by atoms with Crippen LogP contribution >= 0.6 is 0 Å². The second kappa shape index (κ2) is 9.11. The summed E-state index contributed by atoms with van der Waals surface area (Å²) in [5, 5.41) is 8.70. The average molecular weight is 328 g/mol. The molecule has 0 atom stereocenters. The number of carboxylic acids is 1. The second-order valence-corrected chi connectivity index (χ2v) is 6.21. The molecule has 0 aromatic heterocycles. The van der Waals surface area contributed by atoms with Gasteiger partial charge in [0.05, 0.1) is 7.11 Å². The van der Waals surface area contributed by atoms with Gasteiger partial charge in [0.2, 0.25) is 0 Å². The van der Waals surface area contributed by atoms with E-state index in [1.807, 2.05) is 6.92 Å². The van der Waals surface area contributed by atoms with Gasteiger partial charge in [-0.1, -0.05) is 29.4 Å². The summed E-state index contributed by atoms with van der Waals surface area (Å²) >= 11 is 0. The van der Waals surface area contributed by atoms with Gasteiger partial charge in [-0.3, -0.25) is 0 Å². The van der Waals surface area contributed by atoms with Crippen LogP contribution in [0.25, 0.3) is 6.08 Å². The molecule has 0 spiro atoms. The predicted octanol–water partition coefficient (Wildman–Crippen LogP) is 5.39. The SMILES string of the molecule is COc1cc(C)c(C=CC(C)=CCCC(C)=CC(=O)O)c(C)c1C. The zero-order valence-electron chi connectivity index (χ0n) is 15.6. The van der Waals surface area contributed by atoms with Gasteiger partial charge < -0.3 is 9.84 Å². The monoisotopic (exact) mass is 328 g/mol. The highest BCUT2D eigenvalue weighted by atomic mass is 16.5. The summed E-state index contributed by atoms with van der Waals surface area (Å²) in [6.07, 6.45) is 9.26. The van der Waals surface area contributed by atoms with E-state index in [1.165, 1.54) is 33.9 Å². The summed E-state index contributed by atoms with van der Waals surface area (Å²) in [7, 11) is 1.70. The fraction of sp³-hybridized carbons (Fsp3) is 0.381. The van der Waals surface area contributed by atoms with Crippen molar-refractivity contribution in [3.63, 3.8) is 0 Å². The Kier molecular flexibility index (Phi) is 7.50. The fourth-order valence-corrected chi connectivity index (χ4v) is 2.63. The van der Waals surface area contributed by atoms with E-state index in [0.29, 0.717) is 0 Å². The van der Waals surface area contributed by atoms with Crippen molar-refractivity contribution in [3.05, 3.63) is 57.7 Å². The summed E-state index contributed by atoms with van der Waals surface area (Å²) in [6, 6.07) is 2.07. The number of carboxylic acid groups (broad SMARTS) is 1. The van der Waals surface area contributed by atoms with Crippen LogP contribution in [-0.4, -0.2) is 18.2 Å². The molecule has 0 amide bonds. The number of allylic oxidation sites excluding steroid dienone is 4. The smallest absolute Gasteiger partial charge is 0.328 e. The number of benzene rings is 1. The van der Waals surface area contributed by atoms with Crippen molar-refractivity contribution in [2.75, 3.05) is 7.11 Å². The number of carbonyl (C=O) groups is 1. The average Bonchev–Trinajstić information content (AvgIpc) is 2.50. The van der Waals surface area contributed by atoms with Crippen LogP contribution in [0.2, 0.25) is 0 Å². The Bertz CT molecular complexity index is 692. The van der Waals surface area contributed by atoms with E-state index >= 15 is 0 Å². The molecule has 0 bridgehead atoms. The van der Waals surface area contributed by atoms with Crippen LogP contribution in [0.5, 0.6) is 5.75 Å². The quantitative estimate of drug-likeness (QED) is 0.539. The summed E-state index contributed by atoms with van der Waals surface area (Å²) in [4.78, 5) is 10.6. The third-order valence-electron chi connectivity index (χ3n) is 4.22. The first-order valence-corrected chi connectivity index (χ1v) is 8.16. The van der Waals surface area contributed by atoms with Crippen LogP contribution < -0.4 is 4.74 Å². The Morgan fingerprint density at radius 3 is 2.46 bits per heavy atom. The summed E-state index contributed by atoms with van der Waals surface area (Å²) in [5.41, 5.74) is 6.87. The van der Waals surface area contributed by atoms with Gasteiger partial charge in [0.15, 0.2) is 0 Å². The lowest BCUT2D eigenvalue weighted by molar-refractivity contribution is -0.131. The molecule has 3 heteroatoms. The molecule has 0 aliphatic heterocycles. The molecule has 0 saturated carbocycles. The number of hydrogen-bond donors (Lipinski definition) is 1. The highest BCUT2D eigenvalue weighted by Gasteiger charge is 2.08. The van der Waals surface area contributed by atoms with E-state index in [2.05, 4.69) is 52.0 Å². The van der Waals surface area contributed by atoms with Crippen LogP contribution in [0, 0.1) is 20.8 Å². The van der Waals surface area contributed by atoms with Crippen molar-refractivity contribution in [1.29, 1.82) is 0 Å². The molecule has 0 unspecified atom stereocenters. The first kappa shape index (κ1) is 19.8. The van der Waals surface area contributed by atoms with Gasteiger partial charge in [-0.15, -0.1) is 0 Å². The maximum atomic E-state index is 10.6. The van der Waals surface area contributed by atoms with Crippen LogP contribution in [0.1, 0.15) is 48.9 Å². The highest BCUT2D eigenvalue weighted by molar-refractivity contribution is 5.80. The van der Waals surface area contributed by atoms with Gasteiger partial charge in [-0.25, -0.2) is 4.79 Å². The largest absolute Gasteiger partial charge is 0.496 e. The Morgan fingerprint density at radius 2 is 1.88 bits per heavy atom. The van der Waals surface area contributed by atoms with Crippen LogP contribution in [0.3, 0.4) is 0 Å². The van der Waals surface area contributed by atoms with Crippen LogP contribution in [-0.2, 0) is 4.79 Å². The Balaban J connectivity index is 2.84. The van der Waals surface area contributed by atoms with Crippen molar-refractivity contribution in [3.8, 4) is 5.75 Å². The number of aliphatic carboxylic acids is 1. The number of rotatable bonds is 7. The summed E-state index contributed by atoms with van der Waals surface area (Å²) in [6.45, 7) is 10.2. The first-order chi connectivity index (χ1) is 11.3. The normalized spacial score (nSPS) is 12.8. The topological polar surface area (TPSA) is 46.5 Å². The standard InChI is InChI=1S/C21H28O3/c1-14(8-7-9-15(2)12-21(22)23)10-11-19-16(3)13-20(24-6)18(5)17(19)4/h8,10-13H,7,9H2,1-6H3,(H,22,23). The number of ether oxygens (including phenoxy) is 1. The highest BCUT2D eigenvalue weighted by Crippen LogP contribution is 2.28. The molecule has 3 nitrogen and oxygen atoms in total. The van der Waals surface area contributed by atoms with Gasteiger partial charge in [0, 0.05) is 6.08 Å². The Hall–Kier alpha value is -2.29. The maximum absolute atomic E-state index is 10.6. The molecule has 0 saturated heterocycles. The molecule has 1 aromatic carbocycles. The van der Waals surface area contributed by atoms with Gasteiger partial charge in [-0.2, -0.15) is 0 Å². The molecule has 0 heterocycles. The molecular weight excluding hydrogens is 300 g/mol. The van der Waals surface area contributed by atoms with Crippen molar-refractivity contribution >= 4 is 12.0 Å². The lowest BCUT2D eigenvalue weighted by Crippen LogP contribution is -1.95. The van der Waals surface area contributed by atoms with Gasteiger partial charge in [-0.05, 0) is 75.8 Å². The Labute approximate surface area is 145 Å². The van der Waals surface area contributed by atoms with E-state index in [0.717, 1.165) is 24.2 Å². The number of aryl methyl sites for hydroxylation is 1. The summed E-state index contributed by atoms with van der Waals surface area (Å²) in [5.74, 6) is 0.0454. The zero-order valence-corrected chi connectivity index (χ0v) is 15.6. The summed E-state index contributed by atoms with van der Waals surface area (Å²) < 4.78 is 5.41. The second-order valence-electron chi connectivity index (χ2n) is 6.21. The zero-order chi connectivity index (χ0) is 18.3. The first-order valence-electron chi connectivity index (χ1n) is 8.16. The third kappa shape index (κ3) is 5.73. The van der Waals surface area contributed by atoms with Crippen molar-refractivity contribution in [2.45, 2.75) is 47.5 Å². The van der Waals surface area contributed by atoms with E-state index in [-0.39, 0.29) is 0 Å². The molecular formula is C21H28O3. The molecule has 0 aliphatic rings. The molecule has 24 heavy (non-hydrogen) atoms. The maximum Gasteiger partial charge on any atom is 0.328 e. The van der Waals surface area contributed by atoms with Crippen LogP contribution in [0.15, 0.2) is 35.4 Å². The van der Waals surface area contributed by atoms with E-state index in [1.54, 1.807) is 7.11 Å². The van der Waals surface area contributed by atoms with E-state index in [9.17, 15) is 4.79 Å². The van der Waals surface area contributed by atoms with Crippen molar-refractivity contribution in [1.82, 2.24) is 0 Å². The predicted molar refractivity (Wildman–Crippen MR) is 101 cm³/mol. The van der Waals surface area contributed by atoms with E-state index in [4.69, 9.17) is 9.84 Å². The third-order valence-corrected chi connectivity index (χ3v) is 4.22. The minimum Gasteiger partial charge on any atom is -0.496 e. The Morgan fingerprint density at radius 1 is 1.21 bits per heavy atom. The molecule has 0 radical (unpaired) electrons. The molecule has 0 aliphatic carbocycles. The van der Waals surface area contributed by atoms with Crippen molar-refractivity contribution < 1.29 is 14.6 Å². The number of hydrogen-bond acceptors (Lipinski definition) is 2. The van der Waals surface area contributed by atoms with Gasteiger partial charge in [0.1, 0.15) is 5.75 Å². The number of methoxy groups -OCH3 is 1. The van der Waals surface area contributed by atoms with Crippen molar-refractivity contribution in [2.24, 2.45) is 0 Å². The minimum absolute atomic E-state index is 0.761.